The van der Waals surface area contributed by atoms with Crippen LogP contribution in [0.1, 0.15) is 38.6 Å². The van der Waals surface area contributed by atoms with E-state index < -0.39 is 5.54 Å². The molecule has 3 N–H and O–H groups in total. The second-order valence-corrected chi connectivity index (χ2v) is 6.94. The van der Waals surface area contributed by atoms with E-state index in [-0.39, 0.29) is 17.1 Å². The minimum atomic E-state index is -0.794. The van der Waals surface area contributed by atoms with Gasteiger partial charge in [0.2, 0.25) is 5.95 Å². The van der Waals surface area contributed by atoms with Crippen molar-refractivity contribution in [2.24, 2.45) is 0 Å². The zero-order valence-corrected chi connectivity index (χ0v) is 16.6. The Kier molecular flexibility index (Phi) is 5.21. The average molecular weight is 398 g/mol. The number of nitriles is 1. The molecule has 0 fully saturated rings. The van der Waals surface area contributed by atoms with Gasteiger partial charge in [-0.15, -0.1) is 0 Å². The molecule has 0 saturated carbocycles. The second-order valence-electron chi connectivity index (χ2n) is 6.53. The molecule has 8 nitrogen and oxygen atoms in total. The van der Waals surface area contributed by atoms with E-state index >= 15 is 0 Å². The summed E-state index contributed by atoms with van der Waals surface area (Å²) in [6.45, 7) is 6.14. The number of benzene rings is 1. The predicted molar refractivity (Wildman–Crippen MR) is 109 cm³/mol. The zero-order valence-electron chi connectivity index (χ0n) is 15.8. The SMILES string of the molecule is CCn1c(C(C)(CC)Nc2nc(N)ncc2C#N)nc2cccc(Cl)c2c1=O. The lowest BCUT2D eigenvalue weighted by Crippen LogP contribution is -2.40. The summed E-state index contributed by atoms with van der Waals surface area (Å²) in [7, 11) is 0. The Hall–Kier alpha value is -3.18. The molecule has 9 heteroatoms. The van der Waals surface area contributed by atoms with Gasteiger partial charge < -0.3 is 11.1 Å². The number of aromatic nitrogens is 4. The molecule has 3 aromatic rings. The molecule has 3 rings (SSSR count). The Morgan fingerprint density at radius 2 is 2.11 bits per heavy atom. The molecule has 2 aromatic heterocycles. The number of hydrogen-bond acceptors (Lipinski definition) is 7. The highest BCUT2D eigenvalue weighted by atomic mass is 35.5. The summed E-state index contributed by atoms with van der Waals surface area (Å²) in [4.78, 5) is 25.9. The quantitative estimate of drug-likeness (QED) is 0.678. The molecule has 1 atom stereocenters. The maximum atomic E-state index is 13.1. The van der Waals surface area contributed by atoms with Crippen LogP contribution in [0.15, 0.2) is 29.2 Å². The first-order valence-electron chi connectivity index (χ1n) is 8.85. The Balaban J connectivity index is 2.25. The third-order valence-corrected chi connectivity index (χ3v) is 5.09. The zero-order chi connectivity index (χ0) is 20.5. The van der Waals surface area contributed by atoms with Crippen molar-refractivity contribution in [1.82, 2.24) is 19.5 Å². The highest BCUT2D eigenvalue weighted by molar-refractivity contribution is 6.35. The predicted octanol–water partition coefficient (Wildman–Crippen LogP) is 3.05. The molecule has 2 heterocycles. The van der Waals surface area contributed by atoms with Crippen molar-refractivity contribution in [2.75, 3.05) is 11.1 Å². The van der Waals surface area contributed by atoms with Crippen molar-refractivity contribution >= 4 is 34.3 Å². The fourth-order valence-electron chi connectivity index (χ4n) is 3.07. The lowest BCUT2D eigenvalue weighted by molar-refractivity contribution is 0.448. The number of rotatable bonds is 5. The number of nitrogens with two attached hydrogens (primary N) is 1. The van der Waals surface area contributed by atoms with Gasteiger partial charge in [0.25, 0.3) is 5.56 Å². The third-order valence-electron chi connectivity index (χ3n) is 4.77. The molecule has 0 radical (unpaired) electrons. The Morgan fingerprint density at radius 3 is 2.75 bits per heavy atom. The molecule has 0 aliphatic heterocycles. The average Bonchev–Trinajstić information content (AvgIpc) is 2.68. The number of nitrogens with zero attached hydrogens (tertiary/aromatic N) is 5. The van der Waals surface area contributed by atoms with Crippen LogP contribution in [0.25, 0.3) is 10.9 Å². The maximum absolute atomic E-state index is 13.1. The summed E-state index contributed by atoms with van der Waals surface area (Å²) in [5.74, 6) is 0.867. The molecule has 0 saturated heterocycles. The first kappa shape index (κ1) is 19.6. The van der Waals surface area contributed by atoms with E-state index in [9.17, 15) is 10.1 Å². The fraction of sp³-hybridized carbons (Fsp3) is 0.316. The van der Waals surface area contributed by atoms with E-state index in [1.807, 2.05) is 26.8 Å². The van der Waals surface area contributed by atoms with Crippen LogP contribution >= 0.6 is 11.6 Å². The normalized spacial score (nSPS) is 13.1. The molecule has 144 valence electrons. The topological polar surface area (TPSA) is 123 Å². The van der Waals surface area contributed by atoms with Crippen LogP contribution in [0.3, 0.4) is 0 Å². The van der Waals surface area contributed by atoms with Gasteiger partial charge in [-0.2, -0.15) is 10.2 Å². The van der Waals surface area contributed by atoms with Crippen LogP contribution in [0.5, 0.6) is 0 Å². The summed E-state index contributed by atoms with van der Waals surface area (Å²) in [6.07, 6.45) is 1.93. The van der Waals surface area contributed by atoms with E-state index in [1.54, 1.807) is 22.8 Å². The van der Waals surface area contributed by atoms with Gasteiger partial charge in [-0.25, -0.2) is 9.97 Å². The highest BCUT2D eigenvalue weighted by Gasteiger charge is 2.32. The molecule has 0 aliphatic rings. The van der Waals surface area contributed by atoms with Crippen molar-refractivity contribution in [3.05, 3.63) is 51.2 Å². The minimum absolute atomic E-state index is 0.0473. The third kappa shape index (κ3) is 3.25. The molecule has 0 amide bonds. The van der Waals surface area contributed by atoms with Crippen LogP contribution in [0.4, 0.5) is 11.8 Å². The smallest absolute Gasteiger partial charge is 0.262 e. The number of halogens is 1. The van der Waals surface area contributed by atoms with Crippen LogP contribution in [0, 0.1) is 11.3 Å². The van der Waals surface area contributed by atoms with Crippen molar-refractivity contribution in [3.63, 3.8) is 0 Å². The van der Waals surface area contributed by atoms with Crippen LogP contribution in [-0.4, -0.2) is 19.5 Å². The molecular weight excluding hydrogens is 378 g/mol. The van der Waals surface area contributed by atoms with E-state index in [0.717, 1.165) is 0 Å². The van der Waals surface area contributed by atoms with Gasteiger partial charge in [0.15, 0.2) is 0 Å². The summed E-state index contributed by atoms with van der Waals surface area (Å²) < 4.78 is 1.58. The Labute approximate surface area is 167 Å². The van der Waals surface area contributed by atoms with E-state index in [2.05, 4.69) is 15.3 Å². The lowest BCUT2D eigenvalue weighted by Gasteiger charge is -2.32. The van der Waals surface area contributed by atoms with Gasteiger partial charge in [0, 0.05) is 6.54 Å². The van der Waals surface area contributed by atoms with Gasteiger partial charge in [0.05, 0.1) is 27.7 Å². The summed E-state index contributed by atoms with van der Waals surface area (Å²) in [6, 6.07) is 7.23. The van der Waals surface area contributed by atoms with Crippen molar-refractivity contribution in [3.8, 4) is 6.07 Å². The number of nitrogens with one attached hydrogen (secondary N) is 1. The number of nitrogen functional groups attached to an aromatic ring is 1. The van der Waals surface area contributed by atoms with Gasteiger partial charge >= 0.3 is 0 Å². The number of fused-ring (bicyclic) bond motifs is 1. The van der Waals surface area contributed by atoms with Crippen molar-refractivity contribution < 1.29 is 0 Å². The molecular formula is C19H20ClN7O. The summed E-state index contributed by atoms with van der Waals surface area (Å²) in [5.41, 5.74) is 5.46. The maximum Gasteiger partial charge on any atom is 0.262 e. The van der Waals surface area contributed by atoms with Crippen LogP contribution in [-0.2, 0) is 12.1 Å². The standard InChI is InChI=1S/C19H20ClN7O/c1-4-19(3,26-15-11(9-21)10-23-18(22)25-15)17-24-13-8-6-7-12(20)14(13)16(28)27(17)5-2/h6-8,10H,4-5H2,1-3H3,(H3,22,23,25,26). The molecule has 0 bridgehead atoms. The lowest BCUT2D eigenvalue weighted by atomic mass is 9.96. The molecule has 1 aromatic carbocycles. The summed E-state index contributed by atoms with van der Waals surface area (Å²) >= 11 is 6.24. The van der Waals surface area contributed by atoms with Gasteiger partial charge in [-0.1, -0.05) is 24.6 Å². The minimum Gasteiger partial charge on any atom is -0.368 e. The first-order chi connectivity index (χ1) is 13.3. The second kappa shape index (κ2) is 7.44. The molecule has 1 unspecified atom stereocenters. The monoisotopic (exact) mass is 397 g/mol. The molecule has 0 spiro atoms. The number of hydrogen-bond donors (Lipinski definition) is 2. The van der Waals surface area contributed by atoms with Gasteiger partial charge in [-0.3, -0.25) is 9.36 Å². The fourth-order valence-corrected chi connectivity index (χ4v) is 3.32. The van der Waals surface area contributed by atoms with Crippen molar-refractivity contribution in [1.29, 1.82) is 5.26 Å². The highest BCUT2D eigenvalue weighted by Crippen LogP contribution is 2.30. The van der Waals surface area contributed by atoms with Gasteiger partial charge in [-0.05, 0) is 32.4 Å². The molecule has 0 aliphatic carbocycles. The van der Waals surface area contributed by atoms with E-state index in [0.29, 0.717) is 40.5 Å². The van der Waals surface area contributed by atoms with E-state index in [1.165, 1.54) is 6.20 Å². The van der Waals surface area contributed by atoms with E-state index in [4.69, 9.17) is 22.3 Å². The van der Waals surface area contributed by atoms with Crippen molar-refractivity contribution in [2.45, 2.75) is 39.3 Å². The Bertz CT molecular complexity index is 1150. The largest absolute Gasteiger partial charge is 0.368 e. The van der Waals surface area contributed by atoms with Gasteiger partial charge in [0.1, 0.15) is 23.3 Å². The van der Waals surface area contributed by atoms with Crippen LogP contribution < -0.4 is 16.6 Å². The summed E-state index contributed by atoms with van der Waals surface area (Å²) in [5, 5.41) is 13.4. The molecule has 28 heavy (non-hydrogen) atoms. The van der Waals surface area contributed by atoms with Crippen LogP contribution in [0.2, 0.25) is 5.02 Å². The Morgan fingerprint density at radius 1 is 1.36 bits per heavy atom. The number of anilines is 2. The first-order valence-corrected chi connectivity index (χ1v) is 9.22.